The second kappa shape index (κ2) is 6.31. The van der Waals surface area contributed by atoms with Crippen LogP contribution in [-0.4, -0.2) is 13.2 Å². The van der Waals surface area contributed by atoms with E-state index in [2.05, 4.69) is 44.3 Å². The van der Waals surface area contributed by atoms with Gasteiger partial charge in [0.1, 0.15) is 5.75 Å². The molecule has 1 N–H and O–H groups in total. The van der Waals surface area contributed by atoms with Gasteiger partial charge in [0.05, 0.1) is 7.11 Å². The van der Waals surface area contributed by atoms with Crippen molar-refractivity contribution in [3.05, 3.63) is 24.3 Å². The highest BCUT2D eigenvalue weighted by Crippen LogP contribution is 2.35. The quantitative estimate of drug-likeness (QED) is 0.857. The van der Waals surface area contributed by atoms with Crippen molar-refractivity contribution in [1.82, 2.24) is 0 Å². The lowest BCUT2D eigenvalue weighted by atomic mass is 9.74. The van der Waals surface area contributed by atoms with E-state index in [1.165, 1.54) is 24.9 Å². The summed E-state index contributed by atoms with van der Waals surface area (Å²) in [6, 6.07) is 8.87. The van der Waals surface area contributed by atoms with Crippen LogP contribution in [0.4, 0.5) is 5.69 Å². The van der Waals surface area contributed by atoms with Crippen molar-refractivity contribution in [3.8, 4) is 5.75 Å². The highest BCUT2D eigenvalue weighted by Gasteiger charge is 2.30. The van der Waals surface area contributed by atoms with Crippen molar-refractivity contribution in [2.75, 3.05) is 12.4 Å². The Morgan fingerprint density at radius 1 is 1.26 bits per heavy atom. The lowest BCUT2D eigenvalue weighted by molar-refractivity contribution is 0.212. The third-order valence-corrected chi connectivity index (χ3v) is 4.44. The van der Waals surface area contributed by atoms with Gasteiger partial charge in [-0.05, 0) is 42.7 Å². The van der Waals surface area contributed by atoms with E-state index in [1.807, 2.05) is 6.07 Å². The fraction of sp³-hybridized carbons (Fsp3) is 0.647. The maximum absolute atomic E-state index is 5.30. The SMILES string of the molecule is COc1cccc(N[C@@H]2C[C@H](C)CC[C@H]2C(C)C)c1. The van der Waals surface area contributed by atoms with E-state index in [4.69, 9.17) is 4.74 Å². The third-order valence-electron chi connectivity index (χ3n) is 4.44. The van der Waals surface area contributed by atoms with Crippen molar-refractivity contribution < 1.29 is 4.74 Å². The fourth-order valence-electron chi connectivity index (χ4n) is 3.30. The largest absolute Gasteiger partial charge is 0.497 e. The van der Waals surface area contributed by atoms with Crippen LogP contribution in [0.3, 0.4) is 0 Å². The molecule has 1 saturated carbocycles. The minimum absolute atomic E-state index is 0.593. The van der Waals surface area contributed by atoms with Gasteiger partial charge in [-0.3, -0.25) is 0 Å². The van der Waals surface area contributed by atoms with Crippen LogP contribution in [0.15, 0.2) is 24.3 Å². The average molecular weight is 261 g/mol. The third kappa shape index (κ3) is 3.65. The Labute approximate surface area is 117 Å². The topological polar surface area (TPSA) is 21.3 Å². The number of methoxy groups -OCH3 is 1. The Morgan fingerprint density at radius 3 is 2.74 bits per heavy atom. The molecule has 0 aliphatic heterocycles. The van der Waals surface area contributed by atoms with Gasteiger partial charge in [-0.25, -0.2) is 0 Å². The van der Waals surface area contributed by atoms with Crippen LogP contribution >= 0.6 is 0 Å². The minimum Gasteiger partial charge on any atom is -0.497 e. The summed E-state index contributed by atoms with van der Waals surface area (Å²) in [4.78, 5) is 0. The molecule has 0 amide bonds. The Morgan fingerprint density at radius 2 is 2.05 bits per heavy atom. The number of benzene rings is 1. The van der Waals surface area contributed by atoms with Gasteiger partial charge in [0.25, 0.3) is 0 Å². The van der Waals surface area contributed by atoms with Crippen LogP contribution in [0.25, 0.3) is 0 Å². The molecule has 3 atom stereocenters. The lowest BCUT2D eigenvalue weighted by Crippen LogP contribution is -2.37. The first-order valence-corrected chi connectivity index (χ1v) is 7.50. The summed E-state index contributed by atoms with van der Waals surface area (Å²) in [6.45, 7) is 7.07. The lowest BCUT2D eigenvalue weighted by Gasteiger charge is -2.38. The molecular weight excluding hydrogens is 234 g/mol. The number of anilines is 1. The normalized spacial score (nSPS) is 27.3. The second-order valence-electron chi connectivity index (χ2n) is 6.31. The molecule has 106 valence electrons. The zero-order chi connectivity index (χ0) is 13.8. The Kier molecular flexibility index (Phi) is 4.73. The van der Waals surface area contributed by atoms with Crippen molar-refractivity contribution in [3.63, 3.8) is 0 Å². The summed E-state index contributed by atoms with van der Waals surface area (Å²) in [7, 11) is 1.72. The fourth-order valence-corrected chi connectivity index (χ4v) is 3.30. The Balaban J connectivity index is 2.09. The van der Waals surface area contributed by atoms with Crippen molar-refractivity contribution >= 4 is 5.69 Å². The summed E-state index contributed by atoms with van der Waals surface area (Å²) < 4.78 is 5.30. The highest BCUT2D eigenvalue weighted by atomic mass is 16.5. The molecule has 19 heavy (non-hydrogen) atoms. The molecule has 1 aromatic rings. The van der Waals surface area contributed by atoms with Crippen molar-refractivity contribution in [1.29, 1.82) is 0 Å². The van der Waals surface area contributed by atoms with Gasteiger partial charge < -0.3 is 10.1 Å². The van der Waals surface area contributed by atoms with Crippen LogP contribution in [0.1, 0.15) is 40.0 Å². The molecule has 2 rings (SSSR count). The van der Waals surface area contributed by atoms with Gasteiger partial charge in [0.15, 0.2) is 0 Å². The van der Waals surface area contributed by atoms with Gasteiger partial charge in [-0.15, -0.1) is 0 Å². The maximum Gasteiger partial charge on any atom is 0.120 e. The van der Waals surface area contributed by atoms with E-state index in [0.717, 1.165) is 23.5 Å². The van der Waals surface area contributed by atoms with E-state index < -0.39 is 0 Å². The molecule has 1 aliphatic rings. The molecule has 0 radical (unpaired) electrons. The molecule has 0 saturated heterocycles. The molecule has 1 aromatic carbocycles. The standard InChI is InChI=1S/C17H27NO/c1-12(2)16-9-8-13(3)10-17(16)18-14-6-5-7-15(11-14)19-4/h5-7,11-13,16-18H,8-10H2,1-4H3/t13-,16+,17-/m1/s1. The van der Waals surface area contributed by atoms with Crippen molar-refractivity contribution in [2.24, 2.45) is 17.8 Å². The molecular formula is C17H27NO. The molecule has 2 heteroatoms. The molecule has 2 nitrogen and oxygen atoms in total. The zero-order valence-corrected chi connectivity index (χ0v) is 12.6. The highest BCUT2D eigenvalue weighted by molar-refractivity contribution is 5.49. The van der Waals surface area contributed by atoms with Crippen LogP contribution in [0.2, 0.25) is 0 Å². The van der Waals surface area contributed by atoms with Gasteiger partial charge in [0, 0.05) is 17.8 Å². The van der Waals surface area contributed by atoms with E-state index in [-0.39, 0.29) is 0 Å². The number of rotatable bonds is 4. The number of hydrogen-bond acceptors (Lipinski definition) is 2. The van der Waals surface area contributed by atoms with Gasteiger partial charge in [0.2, 0.25) is 0 Å². The van der Waals surface area contributed by atoms with E-state index in [1.54, 1.807) is 7.11 Å². The number of hydrogen-bond donors (Lipinski definition) is 1. The maximum atomic E-state index is 5.30. The first kappa shape index (κ1) is 14.2. The first-order chi connectivity index (χ1) is 9.10. The summed E-state index contributed by atoms with van der Waals surface area (Å²) in [5.74, 6) is 3.28. The molecule has 0 unspecified atom stereocenters. The molecule has 0 bridgehead atoms. The Hall–Kier alpha value is -1.18. The van der Waals surface area contributed by atoms with Gasteiger partial charge in [-0.2, -0.15) is 0 Å². The first-order valence-electron chi connectivity index (χ1n) is 7.50. The molecule has 0 aromatic heterocycles. The summed E-state index contributed by atoms with van der Waals surface area (Å²) >= 11 is 0. The van der Waals surface area contributed by atoms with Crippen LogP contribution < -0.4 is 10.1 Å². The van der Waals surface area contributed by atoms with Gasteiger partial charge >= 0.3 is 0 Å². The van der Waals surface area contributed by atoms with E-state index in [0.29, 0.717) is 6.04 Å². The van der Waals surface area contributed by atoms with Crippen molar-refractivity contribution in [2.45, 2.75) is 46.1 Å². The molecule has 1 aliphatic carbocycles. The molecule has 0 spiro atoms. The molecule has 1 fully saturated rings. The monoisotopic (exact) mass is 261 g/mol. The number of nitrogens with one attached hydrogen (secondary N) is 1. The Bertz CT molecular complexity index is 402. The van der Waals surface area contributed by atoms with Crippen LogP contribution in [0, 0.1) is 17.8 Å². The summed E-state index contributed by atoms with van der Waals surface area (Å²) in [6.07, 6.45) is 4.00. The predicted molar refractivity (Wildman–Crippen MR) is 81.7 cm³/mol. The van der Waals surface area contributed by atoms with E-state index in [9.17, 15) is 0 Å². The molecule has 0 heterocycles. The average Bonchev–Trinajstić information content (AvgIpc) is 2.38. The second-order valence-corrected chi connectivity index (χ2v) is 6.31. The van der Waals surface area contributed by atoms with Crippen LogP contribution in [0.5, 0.6) is 5.75 Å². The smallest absolute Gasteiger partial charge is 0.120 e. The summed E-state index contributed by atoms with van der Waals surface area (Å²) in [5.41, 5.74) is 1.18. The predicted octanol–water partition coefficient (Wildman–Crippen LogP) is 4.57. The minimum atomic E-state index is 0.593. The number of ether oxygens (including phenoxy) is 1. The van der Waals surface area contributed by atoms with E-state index >= 15 is 0 Å². The zero-order valence-electron chi connectivity index (χ0n) is 12.6. The summed E-state index contributed by atoms with van der Waals surface area (Å²) in [5, 5.41) is 3.74. The van der Waals surface area contributed by atoms with Gasteiger partial charge in [-0.1, -0.05) is 33.3 Å². The van der Waals surface area contributed by atoms with Crippen LogP contribution in [-0.2, 0) is 0 Å².